The Bertz CT molecular complexity index is 406. The van der Waals surface area contributed by atoms with Crippen molar-refractivity contribution >= 4 is 11.7 Å². The third kappa shape index (κ3) is 4.03. The number of ether oxygens (including phenoxy) is 1. The standard InChI is InChI=1S/C8H6F4N2O2/c9-4-1-5(14-7(13)15)3-6(2-4)16-8(10,11)12/h1-3H,(H3,13,14,15). The van der Waals surface area contributed by atoms with Gasteiger partial charge in [0.05, 0.1) is 0 Å². The van der Waals surface area contributed by atoms with Gasteiger partial charge in [-0.05, 0) is 6.07 Å². The largest absolute Gasteiger partial charge is 0.573 e. The molecular formula is C8H6F4N2O2. The number of amides is 2. The molecule has 1 rings (SSSR count). The zero-order valence-electron chi connectivity index (χ0n) is 7.64. The van der Waals surface area contributed by atoms with E-state index >= 15 is 0 Å². The number of benzene rings is 1. The summed E-state index contributed by atoms with van der Waals surface area (Å²) in [6.07, 6.45) is -4.93. The van der Waals surface area contributed by atoms with Gasteiger partial charge in [-0.3, -0.25) is 0 Å². The van der Waals surface area contributed by atoms with Crippen LogP contribution in [0.25, 0.3) is 0 Å². The average Bonchev–Trinajstić information content (AvgIpc) is 1.96. The van der Waals surface area contributed by atoms with Crippen LogP contribution in [0, 0.1) is 5.82 Å². The third-order valence-electron chi connectivity index (χ3n) is 1.37. The first-order chi connectivity index (χ1) is 7.26. The van der Waals surface area contributed by atoms with E-state index in [2.05, 4.69) is 4.74 Å². The lowest BCUT2D eigenvalue weighted by molar-refractivity contribution is -0.274. The first-order valence-electron chi connectivity index (χ1n) is 3.89. The highest BCUT2D eigenvalue weighted by Gasteiger charge is 2.31. The summed E-state index contributed by atoms with van der Waals surface area (Å²) < 4.78 is 51.7. The second-order valence-corrected chi connectivity index (χ2v) is 2.71. The SMILES string of the molecule is NC(=O)Nc1cc(F)cc(OC(F)(F)F)c1. The van der Waals surface area contributed by atoms with Crippen molar-refractivity contribution in [1.82, 2.24) is 0 Å². The number of alkyl halides is 3. The summed E-state index contributed by atoms with van der Waals surface area (Å²) in [7, 11) is 0. The smallest absolute Gasteiger partial charge is 0.406 e. The molecular weight excluding hydrogens is 232 g/mol. The van der Waals surface area contributed by atoms with E-state index in [1.54, 1.807) is 0 Å². The van der Waals surface area contributed by atoms with Crippen LogP contribution in [0.3, 0.4) is 0 Å². The molecule has 0 saturated carbocycles. The molecule has 0 radical (unpaired) electrons. The number of urea groups is 1. The van der Waals surface area contributed by atoms with Crippen LogP contribution in [0.4, 0.5) is 28.0 Å². The summed E-state index contributed by atoms with van der Waals surface area (Å²) in [5, 5.41) is 1.92. The lowest BCUT2D eigenvalue weighted by Crippen LogP contribution is -2.20. The van der Waals surface area contributed by atoms with Gasteiger partial charge in [0.25, 0.3) is 0 Å². The molecule has 0 aliphatic rings. The number of carbonyl (C=O) groups is 1. The van der Waals surface area contributed by atoms with Gasteiger partial charge in [-0.25, -0.2) is 9.18 Å². The lowest BCUT2D eigenvalue weighted by Gasteiger charge is -2.10. The van der Waals surface area contributed by atoms with E-state index < -0.39 is 24.0 Å². The Labute approximate surface area is 87.0 Å². The highest BCUT2D eigenvalue weighted by molar-refractivity contribution is 5.87. The Morgan fingerprint density at radius 3 is 2.44 bits per heavy atom. The number of rotatable bonds is 2. The third-order valence-corrected chi connectivity index (χ3v) is 1.37. The van der Waals surface area contributed by atoms with Gasteiger partial charge < -0.3 is 15.8 Å². The van der Waals surface area contributed by atoms with Crippen LogP contribution in [0.15, 0.2) is 18.2 Å². The number of nitrogens with one attached hydrogen (secondary N) is 1. The molecule has 16 heavy (non-hydrogen) atoms. The highest BCUT2D eigenvalue weighted by atomic mass is 19.4. The van der Waals surface area contributed by atoms with E-state index in [-0.39, 0.29) is 5.69 Å². The fourth-order valence-corrected chi connectivity index (χ4v) is 0.970. The topological polar surface area (TPSA) is 64.4 Å². The van der Waals surface area contributed by atoms with E-state index in [0.717, 1.165) is 12.1 Å². The molecule has 0 saturated heterocycles. The maximum Gasteiger partial charge on any atom is 0.573 e. The zero-order chi connectivity index (χ0) is 12.3. The molecule has 0 bridgehead atoms. The monoisotopic (exact) mass is 238 g/mol. The summed E-state index contributed by atoms with van der Waals surface area (Å²) >= 11 is 0. The van der Waals surface area contributed by atoms with Crippen molar-refractivity contribution in [3.05, 3.63) is 24.0 Å². The predicted molar refractivity (Wildman–Crippen MR) is 46.3 cm³/mol. The molecule has 0 atom stereocenters. The average molecular weight is 238 g/mol. The van der Waals surface area contributed by atoms with Crippen LogP contribution in [0.1, 0.15) is 0 Å². The molecule has 0 fully saturated rings. The molecule has 0 aliphatic carbocycles. The van der Waals surface area contributed by atoms with Crippen molar-refractivity contribution < 1.29 is 27.1 Å². The number of carbonyl (C=O) groups excluding carboxylic acids is 1. The zero-order valence-corrected chi connectivity index (χ0v) is 7.64. The molecule has 0 heterocycles. The number of hydrogen-bond donors (Lipinski definition) is 2. The number of hydrogen-bond acceptors (Lipinski definition) is 2. The van der Waals surface area contributed by atoms with Crippen molar-refractivity contribution in [2.45, 2.75) is 6.36 Å². The Hall–Kier alpha value is -1.99. The Balaban J connectivity index is 2.94. The van der Waals surface area contributed by atoms with E-state index in [1.807, 2.05) is 5.32 Å². The van der Waals surface area contributed by atoms with Crippen LogP contribution in [-0.4, -0.2) is 12.4 Å². The maximum atomic E-state index is 12.8. The fraction of sp³-hybridized carbons (Fsp3) is 0.125. The molecule has 1 aromatic rings. The highest BCUT2D eigenvalue weighted by Crippen LogP contribution is 2.26. The van der Waals surface area contributed by atoms with Crippen molar-refractivity contribution in [2.24, 2.45) is 5.73 Å². The van der Waals surface area contributed by atoms with E-state index in [1.165, 1.54) is 0 Å². The Morgan fingerprint density at radius 1 is 1.31 bits per heavy atom. The minimum Gasteiger partial charge on any atom is -0.406 e. The second-order valence-electron chi connectivity index (χ2n) is 2.71. The first-order valence-corrected chi connectivity index (χ1v) is 3.89. The molecule has 3 N–H and O–H groups in total. The van der Waals surface area contributed by atoms with Gasteiger partial charge in [0, 0.05) is 17.8 Å². The van der Waals surface area contributed by atoms with Crippen LogP contribution in [-0.2, 0) is 0 Å². The molecule has 4 nitrogen and oxygen atoms in total. The first kappa shape index (κ1) is 12.1. The van der Waals surface area contributed by atoms with E-state index in [4.69, 9.17) is 5.73 Å². The molecule has 8 heteroatoms. The summed E-state index contributed by atoms with van der Waals surface area (Å²) in [6.45, 7) is 0. The van der Waals surface area contributed by atoms with Gasteiger partial charge >= 0.3 is 12.4 Å². The number of anilines is 1. The van der Waals surface area contributed by atoms with Gasteiger partial charge in [0.15, 0.2) is 0 Å². The normalized spacial score (nSPS) is 11.0. The van der Waals surface area contributed by atoms with Crippen LogP contribution in [0.2, 0.25) is 0 Å². The number of primary amides is 1. The van der Waals surface area contributed by atoms with Gasteiger partial charge in [0.1, 0.15) is 11.6 Å². The van der Waals surface area contributed by atoms with Crippen LogP contribution < -0.4 is 15.8 Å². The quantitative estimate of drug-likeness (QED) is 0.776. The number of nitrogens with two attached hydrogens (primary N) is 1. The summed E-state index contributed by atoms with van der Waals surface area (Å²) in [6, 6.07) is 1.10. The molecule has 0 unspecified atom stereocenters. The molecule has 1 aromatic carbocycles. The molecule has 0 aromatic heterocycles. The molecule has 0 spiro atoms. The van der Waals surface area contributed by atoms with Gasteiger partial charge in [0.2, 0.25) is 0 Å². The Morgan fingerprint density at radius 2 is 1.94 bits per heavy atom. The fourth-order valence-electron chi connectivity index (χ4n) is 0.970. The minimum atomic E-state index is -4.93. The van der Waals surface area contributed by atoms with Crippen molar-refractivity contribution in [2.75, 3.05) is 5.32 Å². The van der Waals surface area contributed by atoms with Crippen molar-refractivity contribution in [1.29, 1.82) is 0 Å². The van der Waals surface area contributed by atoms with Crippen molar-refractivity contribution in [3.8, 4) is 5.75 Å². The van der Waals surface area contributed by atoms with Crippen molar-refractivity contribution in [3.63, 3.8) is 0 Å². The predicted octanol–water partition coefficient (Wildman–Crippen LogP) is 2.21. The maximum absolute atomic E-state index is 12.8. The molecule has 88 valence electrons. The second kappa shape index (κ2) is 4.25. The molecule has 0 aliphatic heterocycles. The van der Waals surface area contributed by atoms with Crippen LogP contribution >= 0.6 is 0 Å². The van der Waals surface area contributed by atoms with Crippen LogP contribution in [0.5, 0.6) is 5.75 Å². The minimum absolute atomic E-state index is 0.230. The Kier molecular flexibility index (Phi) is 3.21. The van der Waals surface area contributed by atoms with Gasteiger partial charge in [-0.2, -0.15) is 0 Å². The van der Waals surface area contributed by atoms with E-state index in [9.17, 15) is 22.4 Å². The van der Waals surface area contributed by atoms with Gasteiger partial charge in [-0.1, -0.05) is 0 Å². The van der Waals surface area contributed by atoms with Gasteiger partial charge in [-0.15, -0.1) is 13.2 Å². The van der Waals surface area contributed by atoms with E-state index in [0.29, 0.717) is 6.07 Å². The summed E-state index contributed by atoms with van der Waals surface area (Å²) in [4.78, 5) is 10.4. The summed E-state index contributed by atoms with van der Waals surface area (Å²) in [5.74, 6) is -1.78. The lowest BCUT2D eigenvalue weighted by atomic mass is 10.3. The number of halogens is 4. The summed E-state index contributed by atoms with van der Waals surface area (Å²) in [5.41, 5.74) is 4.49. The molecule has 2 amide bonds.